The molecule has 0 aliphatic heterocycles. The van der Waals surface area contributed by atoms with Crippen LogP contribution in [0.15, 0.2) is 30.4 Å². The van der Waals surface area contributed by atoms with Gasteiger partial charge in [-0.3, -0.25) is 0 Å². The molecule has 0 nitrogen and oxygen atoms in total. The van der Waals surface area contributed by atoms with Crippen molar-refractivity contribution in [3.8, 4) is 0 Å². The Balaban J connectivity index is 3.11. The molecular weight excluding hydrogens is 120 g/mol. The Bertz CT molecular complexity index is 118. The third-order valence-electron chi connectivity index (χ3n) is 1.15. The third kappa shape index (κ3) is 7.22. The van der Waals surface area contributed by atoms with Crippen molar-refractivity contribution in [2.45, 2.75) is 26.2 Å². The van der Waals surface area contributed by atoms with Crippen molar-refractivity contribution >= 4 is 0 Å². The van der Waals surface area contributed by atoms with E-state index in [1.54, 1.807) is 6.08 Å². The average molecular weight is 135 g/mol. The molecule has 0 aliphatic rings. The molecule has 0 saturated carbocycles. The van der Waals surface area contributed by atoms with E-state index in [2.05, 4.69) is 25.2 Å². The van der Waals surface area contributed by atoms with Crippen molar-refractivity contribution in [3.63, 3.8) is 0 Å². The van der Waals surface area contributed by atoms with Crippen LogP contribution in [-0.4, -0.2) is 0 Å². The van der Waals surface area contributed by atoms with Crippen molar-refractivity contribution in [1.82, 2.24) is 0 Å². The molecule has 0 amide bonds. The van der Waals surface area contributed by atoms with E-state index in [1.807, 2.05) is 6.08 Å². The van der Waals surface area contributed by atoms with Gasteiger partial charge in [0.2, 0.25) is 0 Å². The number of hydrogen-bond donors (Lipinski definition) is 0. The number of hydrogen-bond acceptors (Lipinski definition) is 0. The Labute approximate surface area is 64.0 Å². The Kier molecular flexibility index (Phi) is 7.58. The molecule has 0 spiro atoms. The second-order valence-corrected chi connectivity index (χ2v) is 2.08. The van der Waals surface area contributed by atoms with Crippen LogP contribution >= 0.6 is 0 Å². The minimum Gasteiger partial charge on any atom is -0.0888 e. The van der Waals surface area contributed by atoms with Gasteiger partial charge in [-0.1, -0.05) is 43.9 Å². The van der Waals surface area contributed by atoms with Crippen LogP contribution in [0.2, 0.25) is 0 Å². The van der Waals surface area contributed by atoms with Crippen LogP contribution in [0, 0.1) is 6.58 Å². The molecular formula is C10H15. The lowest BCUT2D eigenvalue weighted by molar-refractivity contribution is 1.04. The molecule has 0 heteroatoms. The van der Waals surface area contributed by atoms with Gasteiger partial charge in [0, 0.05) is 0 Å². The third-order valence-corrected chi connectivity index (χ3v) is 1.15. The second kappa shape index (κ2) is 8.22. The summed E-state index contributed by atoms with van der Waals surface area (Å²) in [5, 5.41) is 0. The number of unbranched alkanes of at least 4 members (excludes halogenated alkanes) is 1. The molecule has 0 unspecified atom stereocenters. The lowest BCUT2D eigenvalue weighted by Gasteiger charge is -1.83. The summed E-state index contributed by atoms with van der Waals surface area (Å²) < 4.78 is 0. The predicted octanol–water partition coefficient (Wildman–Crippen LogP) is 3.28. The van der Waals surface area contributed by atoms with E-state index in [0.717, 1.165) is 19.3 Å². The first-order valence-electron chi connectivity index (χ1n) is 3.77. The van der Waals surface area contributed by atoms with E-state index in [-0.39, 0.29) is 0 Å². The summed E-state index contributed by atoms with van der Waals surface area (Å²) in [7, 11) is 0. The fourth-order valence-electron chi connectivity index (χ4n) is 0.652. The zero-order valence-corrected chi connectivity index (χ0v) is 6.59. The Morgan fingerprint density at radius 1 is 1.10 bits per heavy atom. The van der Waals surface area contributed by atoms with Gasteiger partial charge in [0.15, 0.2) is 0 Å². The van der Waals surface area contributed by atoms with Gasteiger partial charge in [0.25, 0.3) is 0 Å². The quantitative estimate of drug-likeness (QED) is 0.308. The second-order valence-electron chi connectivity index (χ2n) is 2.08. The van der Waals surface area contributed by atoms with Crippen molar-refractivity contribution in [2.75, 3.05) is 0 Å². The molecule has 0 aromatic rings. The zero-order valence-electron chi connectivity index (χ0n) is 6.59. The highest BCUT2D eigenvalue weighted by molar-refractivity contribution is 4.96. The average Bonchev–Trinajstić information content (AvgIpc) is 1.97. The fourth-order valence-corrected chi connectivity index (χ4v) is 0.652. The first-order chi connectivity index (χ1) is 4.91. The van der Waals surface area contributed by atoms with Crippen molar-refractivity contribution in [2.24, 2.45) is 0 Å². The van der Waals surface area contributed by atoms with Gasteiger partial charge < -0.3 is 0 Å². The van der Waals surface area contributed by atoms with Gasteiger partial charge in [-0.2, -0.15) is 0 Å². The largest absolute Gasteiger partial charge is 0.0888 e. The number of allylic oxidation sites excluding steroid dienone is 5. The van der Waals surface area contributed by atoms with Crippen LogP contribution in [-0.2, 0) is 0 Å². The first kappa shape index (κ1) is 9.22. The lowest BCUT2D eigenvalue weighted by Crippen LogP contribution is -1.63. The molecule has 0 saturated heterocycles. The summed E-state index contributed by atoms with van der Waals surface area (Å²) in [5.41, 5.74) is 0. The normalized spacial score (nSPS) is 11.3. The molecule has 55 valence electrons. The predicted molar refractivity (Wildman–Crippen MR) is 46.7 cm³/mol. The van der Waals surface area contributed by atoms with E-state index >= 15 is 0 Å². The van der Waals surface area contributed by atoms with E-state index in [0.29, 0.717) is 0 Å². The van der Waals surface area contributed by atoms with Crippen LogP contribution in [0.25, 0.3) is 0 Å². The Morgan fingerprint density at radius 2 is 1.80 bits per heavy atom. The molecule has 10 heavy (non-hydrogen) atoms. The van der Waals surface area contributed by atoms with Gasteiger partial charge in [-0.15, -0.1) is 0 Å². The monoisotopic (exact) mass is 135 g/mol. The first-order valence-corrected chi connectivity index (χ1v) is 3.77. The minimum absolute atomic E-state index is 1.09. The highest BCUT2D eigenvalue weighted by Crippen LogP contribution is 1.93. The van der Waals surface area contributed by atoms with E-state index < -0.39 is 0 Å². The van der Waals surface area contributed by atoms with Crippen molar-refractivity contribution in [1.29, 1.82) is 0 Å². The maximum Gasteiger partial charge on any atom is -0.0313 e. The van der Waals surface area contributed by atoms with Gasteiger partial charge in [-0.05, 0) is 19.3 Å². The smallest absolute Gasteiger partial charge is 0.0313 e. The summed E-state index contributed by atoms with van der Waals surface area (Å²) in [4.78, 5) is 0. The topological polar surface area (TPSA) is 0 Å². The van der Waals surface area contributed by atoms with E-state index in [1.165, 1.54) is 0 Å². The van der Waals surface area contributed by atoms with E-state index in [4.69, 9.17) is 6.58 Å². The molecule has 0 fully saturated rings. The fraction of sp³-hybridized carbons (Fsp3) is 0.400. The zero-order chi connectivity index (χ0) is 7.66. The van der Waals surface area contributed by atoms with Crippen LogP contribution in [0.4, 0.5) is 0 Å². The standard InChI is InChI=1S/C10H15/c1-3-5-7-9-10-8-6-4-2/h1,3,5-8H,4,9-10H2,2H3. The van der Waals surface area contributed by atoms with Crippen LogP contribution in [0.5, 0.6) is 0 Å². The molecule has 0 aromatic carbocycles. The van der Waals surface area contributed by atoms with Crippen LogP contribution < -0.4 is 0 Å². The van der Waals surface area contributed by atoms with Crippen LogP contribution in [0.1, 0.15) is 26.2 Å². The molecule has 1 radical (unpaired) electrons. The summed E-state index contributed by atoms with van der Waals surface area (Å²) in [6, 6.07) is 0. The Morgan fingerprint density at radius 3 is 2.40 bits per heavy atom. The highest BCUT2D eigenvalue weighted by atomic mass is 13.8. The molecule has 0 rings (SSSR count). The molecule has 0 bridgehead atoms. The molecule has 0 N–H and O–H groups in total. The molecule has 0 aromatic heterocycles. The SMILES string of the molecule is [CH]=CC=CCCC=CCC. The van der Waals surface area contributed by atoms with E-state index in [9.17, 15) is 0 Å². The van der Waals surface area contributed by atoms with Crippen molar-refractivity contribution in [3.05, 3.63) is 37.0 Å². The molecule has 0 atom stereocenters. The van der Waals surface area contributed by atoms with Gasteiger partial charge in [0.05, 0.1) is 0 Å². The van der Waals surface area contributed by atoms with Crippen LogP contribution in [0.3, 0.4) is 0 Å². The summed E-state index contributed by atoms with van der Waals surface area (Å²) >= 11 is 0. The lowest BCUT2D eigenvalue weighted by atomic mass is 10.2. The molecule has 0 aliphatic carbocycles. The summed E-state index contributed by atoms with van der Waals surface area (Å²) in [6.07, 6.45) is 13.2. The highest BCUT2D eigenvalue weighted by Gasteiger charge is 1.73. The summed E-state index contributed by atoms with van der Waals surface area (Å²) in [5.74, 6) is 0. The maximum atomic E-state index is 5.14. The van der Waals surface area contributed by atoms with Gasteiger partial charge in [-0.25, -0.2) is 0 Å². The van der Waals surface area contributed by atoms with Gasteiger partial charge >= 0.3 is 0 Å². The summed E-state index contributed by atoms with van der Waals surface area (Å²) in [6.45, 7) is 7.28. The Hall–Kier alpha value is -0.780. The maximum absolute atomic E-state index is 5.14. The van der Waals surface area contributed by atoms with Gasteiger partial charge in [0.1, 0.15) is 0 Å². The number of rotatable bonds is 5. The molecule has 0 heterocycles. The minimum atomic E-state index is 1.09. The van der Waals surface area contributed by atoms with Crippen molar-refractivity contribution < 1.29 is 0 Å².